The highest BCUT2D eigenvalue weighted by molar-refractivity contribution is 7.99. The van der Waals surface area contributed by atoms with Crippen LogP contribution in [0, 0.1) is 0 Å². The third kappa shape index (κ3) is 3.01. The molecule has 0 aromatic heterocycles. The predicted molar refractivity (Wildman–Crippen MR) is 59.8 cm³/mol. The molecule has 1 aromatic carbocycles. The summed E-state index contributed by atoms with van der Waals surface area (Å²) in [6, 6.07) is 11.1. The zero-order valence-electron chi connectivity index (χ0n) is 8.11. The Morgan fingerprint density at radius 1 is 1.29 bits per heavy atom. The highest BCUT2D eigenvalue weighted by Crippen LogP contribution is 2.15. The summed E-state index contributed by atoms with van der Waals surface area (Å²) < 4.78 is 5.08. The van der Waals surface area contributed by atoms with Crippen LogP contribution in [0.5, 0.6) is 0 Å². The first-order valence-corrected chi connectivity index (χ1v) is 5.93. The molecule has 1 aliphatic rings. The highest BCUT2D eigenvalue weighted by Gasteiger charge is 2.16. The van der Waals surface area contributed by atoms with E-state index in [1.165, 1.54) is 4.90 Å². The van der Waals surface area contributed by atoms with Gasteiger partial charge in [-0.05, 0) is 12.1 Å². The van der Waals surface area contributed by atoms with Crippen LogP contribution in [0.25, 0.3) is 0 Å². The molecule has 1 N–H and O–H groups in total. The fourth-order valence-corrected chi connectivity index (χ4v) is 2.11. The van der Waals surface area contributed by atoms with Crippen LogP contribution in [0.1, 0.15) is 0 Å². The molecule has 2 nitrogen and oxygen atoms in total. The molecule has 0 bridgehead atoms. The Labute approximate surface area is 89.0 Å². The van der Waals surface area contributed by atoms with Crippen LogP contribution in [0.4, 0.5) is 0 Å². The minimum absolute atomic E-state index is 0.603. The van der Waals surface area contributed by atoms with Gasteiger partial charge in [-0.15, -0.1) is 11.8 Å². The topological polar surface area (TPSA) is 21.3 Å². The van der Waals surface area contributed by atoms with Crippen LogP contribution in [-0.4, -0.2) is 31.6 Å². The molecule has 1 aromatic rings. The number of nitrogens with one attached hydrogen (secondary N) is 1. The van der Waals surface area contributed by atoms with Crippen molar-refractivity contribution in [1.82, 2.24) is 5.32 Å². The smallest absolute Gasteiger partial charge is 0.0643 e. The largest absolute Gasteiger partial charge is 0.378 e. The zero-order chi connectivity index (χ0) is 9.64. The Balaban J connectivity index is 1.58. The van der Waals surface area contributed by atoms with Crippen molar-refractivity contribution in [2.45, 2.75) is 10.9 Å². The normalized spacial score (nSPS) is 16.6. The molecule has 1 heterocycles. The van der Waals surface area contributed by atoms with E-state index in [1.54, 1.807) is 0 Å². The molecule has 3 heteroatoms. The standard InChI is InChI=1S/C11H15NOS/c1-2-4-11(5-3-1)14-7-6-12-10-8-13-9-10/h1-5,10,12H,6-9H2. The van der Waals surface area contributed by atoms with Crippen LogP contribution in [0.15, 0.2) is 35.2 Å². The van der Waals surface area contributed by atoms with Gasteiger partial charge in [0, 0.05) is 17.2 Å². The number of benzene rings is 1. The average Bonchev–Trinajstić information content (AvgIpc) is 2.16. The van der Waals surface area contributed by atoms with Gasteiger partial charge >= 0.3 is 0 Å². The van der Waals surface area contributed by atoms with Crippen molar-refractivity contribution in [3.05, 3.63) is 30.3 Å². The second-order valence-corrected chi connectivity index (χ2v) is 4.52. The van der Waals surface area contributed by atoms with Crippen LogP contribution in [-0.2, 0) is 4.74 Å². The minimum Gasteiger partial charge on any atom is -0.378 e. The highest BCUT2D eigenvalue weighted by atomic mass is 32.2. The summed E-state index contributed by atoms with van der Waals surface area (Å²) in [4.78, 5) is 1.35. The summed E-state index contributed by atoms with van der Waals surface area (Å²) in [6.45, 7) is 2.83. The number of ether oxygens (including phenoxy) is 1. The number of rotatable bonds is 5. The zero-order valence-corrected chi connectivity index (χ0v) is 8.93. The second-order valence-electron chi connectivity index (χ2n) is 3.35. The molecule has 0 amide bonds. The summed E-state index contributed by atoms with van der Waals surface area (Å²) in [6.07, 6.45) is 0. The summed E-state index contributed by atoms with van der Waals surface area (Å²) >= 11 is 1.89. The fraction of sp³-hybridized carbons (Fsp3) is 0.455. The Morgan fingerprint density at radius 3 is 2.71 bits per heavy atom. The molecule has 1 saturated heterocycles. The van der Waals surface area contributed by atoms with Gasteiger partial charge in [0.15, 0.2) is 0 Å². The van der Waals surface area contributed by atoms with Crippen molar-refractivity contribution < 1.29 is 4.74 Å². The molecule has 2 rings (SSSR count). The molecule has 1 aliphatic heterocycles. The maximum absolute atomic E-state index is 5.08. The first kappa shape index (κ1) is 10.0. The molecular formula is C11H15NOS. The average molecular weight is 209 g/mol. The molecule has 0 aliphatic carbocycles. The molecule has 76 valence electrons. The van der Waals surface area contributed by atoms with E-state index < -0.39 is 0 Å². The van der Waals surface area contributed by atoms with Crippen LogP contribution in [0.2, 0.25) is 0 Å². The van der Waals surface area contributed by atoms with Gasteiger partial charge in [-0.2, -0.15) is 0 Å². The lowest BCUT2D eigenvalue weighted by Gasteiger charge is -2.26. The van der Waals surface area contributed by atoms with E-state index in [4.69, 9.17) is 4.74 Å². The lowest BCUT2D eigenvalue weighted by Crippen LogP contribution is -2.46. The Hall–Kier alpha value is -0.510. The first-order chi connectivity index (χ1) is 6.95. The summed E-state index contributed by atoms with van der Waals surface area (Å²) in [5.74, 6) is 1.13. The maximum atomic E-state index is 5.08. The number of hydrogen-bond donors (Lipinski definition) is 1. The molecule has 0 atom stereocenters. The van der Waals surface area contributed by atoms with E-state index in [9.17, 15) is 0 Å². The van der Waals surface area contributed by atoms with Crippen molar-refractivity contribution in [3.63, 3.8) is 0 Å². The molecule has 14 heavy (non-hydrogen) atoms. The second kappa shape index (κ2) is 5.39. The summed E-state index contributed by atoms with van der Waals surface area (Å²) in [7, 11) is 0. The van der Waals surface area contributed by atoms with E-state index >= 15 is 0 Å². The molecule has 0 radical (unpaired) electrons. The number of hydrogen-bond acceptors (Lipinski definition) is 3. The minimum atomic E-state index is 0.603. The molecular weight excluding hydrogens is 194 g/mol. The summed E-state index contributed by atoms with van der Waals surface area (Å²) in [5.41, 5.74) is 0. The van der Waals surface area contributed by atoms with Gasteiger partial charge in [-0.25, -0.2) is 0 Å². The van der Waals surface area contributed by atoms with Crippen LogP contribution < -0.4 is 5.32 Å². The van der Waals surface area contributed by atoms with E-state index in [1.807, 2.05) is 17.8 Å². The molecule has 0 saturated carbocycles. The first-order valence-electron chi connectivity index (χ1n) is 4.94. The third-order valence-electron chi connectivity index (χ3n) is 2.19. The molecule has 1 fully saturated rings. The van der Waals surface area contributed by atoms with Gasteiger partial charge in [-0.3, -0.25) is 0 Å². The van der Waals surface area contributed by atoms with E-state index in [-0.39, 0.29) is 0 Å². The van der Waals surface area contributed by atoms with Gasteiger partial charge in [0.05, 0.1) is 19.3 Å². The van der Waals surface area contributed by atoms with Crippen molar-refractivity contribution >= 4 is 11.8 Å². The number of thioether (sulfide) groups is 1. The van der Waals surface area contributed by atoms with E-state index in [0.717, 1.165) is 25.5 Å². The van der Waals surface area contributed by atoms with E-state index in [2.05, 4.69) is 29.6 Å². The van der Waals surface area contributed by atoms with Crippen molar-refractivity contribution in [3.8, 4) is 0 Å². The Bertz CT molecular complexity index is 261. The fourth-order valence-electron chi connectivity index (χ4n) is 1.30. The maximum Gasteiger partial charge on any atom is 0.0643 e. The van der Waals surface area contributed by atoms with Gasteiger partial charge in [0.1, 0.15) is 0 Å². The summed E-state index contributed by atoms with van der Waals surface area (Å²) in [5, 5.41) is 3.44. The van der Waals surface area contributed by atoms with Crippen molar-refractivity contribution in [2.75, 3.05) is 25.5 Å². The Kier molecular flexibility index (Phi) is 3.86. The quantitative estimate of drug-likeness (QED) is 0.590. The Morgan fingerprint density at radius 2 is 2.07 bits per heavy atom. The van der Waals surface area contributed by atoms with Gasteiger partial charge < -0.3 is 10.1 Å². The van der Waals surface area contributed by atoms with Gasteiger partial charge in [-0.1, -0.05) is 18.2 Å². The van der Waals surface area contributed by atoms with Crippen LogP contribution in [0.3, 0.4) is 0 Å². The monoisotopic (exact) mass is 209 g/mol. The molecule has 0 unspecified atom stereocenters. The molecule has 0 spiro atoms. The lowest BCUT2D eigenvalue weighted by molar-refractivity contribution is -0.00406. The van der Waals surface area contributed by atoms with E-state index in [0.29, 0.717) is 6.04 Å². The van der Waals surface area contributed by atoms with Crippen LogP contribution >= 0.6 is 11.8 Å². The van der Waals surface area contributed by atoms with Crippen molar-refractivity contribution in [2.24, 2.45) is 0 Å². The third-order valence-corrected chi connectivity index (χ3v) is 3.20. The predicted octanol–water partition coefficient (Wildman–Crippen LogP) is 1.77. The van der Waals surface area contributed by atoms with Gasteiger partial charge in [0.2, 0.25) is 0 Å². The lowest BCUT2D eigenvalue weighted by atomic mass is 10.3. The SMILES string of the molecule is c1ccc(SCCNC2COC2)cc1. The van der Waals surface area contributed by atoms with Crippen molar-refractivity contribution in [1.29, 1.82) is 0 Å². The van der Waals surface area contributed by atoms with Gasteiger partial charge in [0.25, 0.3) is 0 Å².